The summed E-state index contributed by atoms with van der Waals surface area (Å²) >= 11 is 2.29. The fraction of sp³-hybridized carbons (Fsp3) is 0.111. The monoisotopic (exact) mass is 416 g/mol. The van der Waals surface area contributed by atoms with Crippen LogP contribution in [0.2, 0.25) is 0 Å². The van der Waals surface area contributed by atoms with Gasteiger partial charge in [-0.15, -0.1) is 0 Å². The first-order valence-electron chi connectivity index (χ1n) is 7.35. The summed E-state index contributed by atoms with van der Waals surface area (Å²) in [6.45, 7) is 2.67. The normalized spacial score (nSPS) is 10.3. The quantitative estimate of drug-likeness (QED) is 0.590. The number of halogens is 1. The predicted molar refractivity (Wildman–Crippen MR) is 103 cm³/mol. The van der Waals surface area contributed by atoms with Gasteiger partial charge in [0, 0.05) is 27.6 Å². The molecule has 0 saturated heterocycles. The van der Waals surface area contributed by atoms with Crippen molar-refractivity contribution in [2.24, 2.45) is 0 Å². The number of hydrogen-bond acceptors (Lipinski definition) is 4. The lowest BCUT2D eigenvalue weighted by Gasteiger charge is -2.10. The zero-order valence-electron chi connectivity index (χ0n) is 12.8. The van der Waals surface area contributed by atoms with E-state index in [0.29, 0.717) is 12.5 Å². The third-order valence-electron chi connectivity index (χ3n) is 3.26. The lowest BCUT2D eigenvalue weighted by atomic mass is 10.2. The molecule has 0 amide bonds. The van der Waals surface area contributed by atoms with Crippen molar-refractivity contribution in [2.45, 2.75) is 13.5 Å². The van der Waals surface area contributed by atoms with Gasteiger partial charge in [0.25, 0.3) is 0 Å². The molecule has 0 saturated carbocycles. The fourth-order valence-corrected chi connectivity index (χ4v) is 2.53. The molecule has 0 radical (unpaired) electrons. The highest BCUT2D eigenvalue weighted by Gasteiger charge is 2.03. The Hall–Kier alpha value is -2.15. The number of aryl methyl sites for hydroxylation is 1. The third kappa shape index (κ3) is 4.66. The maximum Gasteiger partial charge on any atom is 0.225 e. The van der Waals surface area contributed by atoms with Crippen molar-refractivity contribution >= 4 is 40.0 Å². The van der Waals surface area contributed by atoms with Crippen LogP contribution in [-0.2, 0) is 6.54 Å². The van der Waals surface area contributed by atoms with Crippen LogP contribution in [-0.4, -0.2) is 9.97 Å². The molecule has 5 heteroatoms. The molecule has 23 heavy (non-hydrogen) atoms. The van der Waals surface area contributed by atoms with Gasteiger partial charge in [-0.3, -0.25) is 0 Å². The van der Waals surface area contributed by atoms with Gasteiger partial charge < -0.3 is 10.6 Å². The highest BCUT2D eigenvalue weighted by atomic mass is 127. The summed E-state index contributed by atoms with van der Waals surface area (Å²) < 4.78 is 1.21. The predicted octanol–water partition coefficient (Wildman–Crippen LogP) is 4.75. The molecule has 0 unspecified atom stereocenters. The van der Waals surface area contributed by atoms with Crippen LogP contribution in [0.5, 0.6) is 0 Å². The first-order valence-corrected chi connectivity index (χ1v) is 8.43. The fourth-order valence-electron chi connectivity index (χ4n) is 2.17. The van der Waals surface area contributed by atoms with E-state index in [1.165, 1.54) is 9.13 Å². The molecule has 116 valence electrons. The second-order valence-corrected chi connectivity index (χ2v) is 6.43. The molecular weight excluding hydrogens is 399 g/mol. The van der Waals surface area contributed by atoms with E-state index in [2.05, 4.69) is 67.5 Å². The molecule has 3 rings (SSSR count). The topological polar surface area (TPSA) is 49.8 Å². The van der Waals surface area contributed by atoms with E-state index in [0.717, 1.165) is 17.2 Å². The molecule has 3 aromatic rings. The second kappa shape index (κ2) is 7.41. The molecule has 1 aromatic heterocycles. The number of rotatable bonds is 5. The van der Waals surface area contributed by atoms with Gasteiger partial charge in [0.2, 0.25) is 5.95 Å². The molecule has 0 aliphatic carbocycles. The number of anilines is 3. The smallest absolute Gasteiger partial charge is 0.225 e. The van der Waals surface area contributed by atoms with Crippen LogP contribution >= 0.6 is 22.6 Å². The zero-order valence-corrected chi connectivity index (χ0v) is 14.9. The number of benzene rings is 2. The van der Waals surface area contributed by atoms with Crippen molar-refractivity contribution in [2.75, 3.05) is 10.6 Å². The molecule has 2 aromatic carbocycles. The Morgan fingerprint density at radius 1 is 0.957 bits per heavy atom. The van der Waals surface area contributed by atoms with E-state index in [4.69, 9.17) is 0 Å². The Bertz CT molecular complexity index is 773. The van der Waals surface area contributed by atoms with Crippen molar-refractivity contribution in [1.29, 1.82) is 0 Å². The van der Waals surface area contributed by atoms with Crippen molar-refractivity contribution in [3.8, 4) is 0 Å². The molecule has 0 aliphatic rings. The Balaban J connectivity index is 1.72. The molecule has 2 N–H and O–H groups in total. The summed E-state index contributed by atoms with van der Waals surface area (Å²) in [5, 5.41) is 6.59. The summed E-state index contributed by atoms with van der Waals surface area (Å²) in [7, 11) is 0. The number of aromatic nitrogens is 2. The van der Waals surface area contributed by atoms with Crippen LogP contribution in [0.15, 0.2) is 60.7 Å². The minimum absolute atomic E-state index is 0.627. The maximum atomic E-state index is 4.53. The van der Waals surface area contributed by atoms with Crippen molar-refractivity contribution in [3.05, 3.63) is 75.5 Å². The van der Waals surface area contributed by atoms with Gasteiger partial charge in [0.05, 0.1) is 0 Å². The minimum Gasteiger partial charge on any atom is -0.350 e. The van der Waals surface area contributed by atoms with E-state index in [1.807, 2.05) is 43.3 Å². The minimum atomic E-state index is 0.627. The molecule has 0 bridgehead atoms. The van der Waals surface area contributed by atoms with E-state index < -0.39 is 0 Å². The zero-order chi connectivity index (χ0) is 16.1. The Labute approximate surface area is 149 Å². The molecular formula is C18H17IN4. The molecule has 4 nitrogen and oxygen atoms in total. The third-order valence-corrected chi connectivity index (χ3v) is 3.98. The number of nitrogens with one attached hydrogen (secondary N) is 2. The van der Waals surface area contributed by atoms with E-state index >= 15 is 0 Å². The first kappa shape index (κ1) is 15.7. The summed E-state index contributed by atoms with van der Waals surface area (Å²) in [6, 6.07) is 20.3. The van der Waals surface area contributed by atoms with Gasteiger partial charge in [0.1, 0.15) is 5.82 Å². The van der Waals surface area contributed by atoms with Crippen molar-refractivity contribution in [3.63, 3.8) is 0 Å². The maximum absolute atomic E-state index is 4.53. The summed E-state index contributed by atoms with van der Waals surface area (Å²) in [6.07, 6.45) is 0. The summed E-state index contributed by atoms with van der Waals surface area (Å²) in [5.41, 5.74) is 3.13. The standard InChI is InChI=1S/C18H17IN4/c1-13-11-17(22-16-9-7-15(19)8-10-16)23-18(21-13)20-12-14-5-3-2-4-6-14/h2-11H,12H2,1H3,(H2,20,21,22,23). The van der Waals surface area contributed by atoms with Crippen LogP contribution in [0.4, 0.5) is 17.5 Å². The lowest BCUT2D eigenvalue weighted by molar-refractivity contribution is 1.03. The van der Waals surface area contributed by atoms with E-state index in [1.54, 1.807) is 0 Å². The Kier molecular flexibility index (Phi) is 5.07. The van der Waals surface area contributed by atoms with Gasteiger partial charge in [-0.1, -0.05) is 30.3 Å². The summed E-state index contributed by atoms with van der Waals surface area (Å²) in [5.74, 6) is 1.41. The van der Waals surface area contributed by atoms with Gasteiger partial charge in [0.15, 0.2) is 0 Å². The number of nitrogens with zero attached hydrogens (tertiary/aromatic N) is 2. The molecule has 0 atom stereocenters. The van der Waals surface area contributed by atoms with Crippen LogP contribution in [0, 0.1) is 10.5 Å². The van der Waals surface area contributed by atoms with Gasteiger partial charge in [-0.05, 0) is 59.3 Å². The lowest BCUT2D eigenvalue weighted by Crippen LogP contribution is -2.06. The molecule has 0 fully saturated rings. The van der Waals surface area contributed by atoms with Gasteiger partial charge in [-0.25, -0.2) is 4.98 Å². The van der Waals surface area contributed by atoms with Gasteiger partial charge >= 0.3 is 0 Å². The van der Waals surface area contributed by atoms with E-state index in [9.17, 15) is 0 Å². The summed E-state index contributed by atoms with van der Waals surface area (Å²) in [4.78, 5) is 8.97. The number of hydrogen-bond donors (Lipinski definition) is 2. The van der Waals surface area contributed by atoms with Crippen LogP contribution in [0.3, 0.4) is 0 Å². The van der Waals surface area contributed by atoms with Crippen LogP contribution in [0.1, 0.15) is 11.3 Å². The molecule has 0 spiro atoms. The van der Waals surface area contributed by atoms with Crippen LogP contribution < -0.4 is 10.6 Å². The van der Waals surface area contributed by atoms with Crippen molar-refractivity contribution in [1.82, 2.24) is 9.97 Å². The SMILES string of the molecule is Cc1cc(Nc2ccc(I)cc2)nc(NCc2ccccc2)n1. The Morgan fingerprint density at radius 3 is 2.43 bits per heavy atom. The van der Waals surface area contributed by atoms with Gasteiger partial charge in [-0.2, -0.15) is 4.98 Å². The average molecular weight is 416 g/mol. The second-order valence-electron chi connectivity index (χ2n) is 5.19. The largest absolute Gasteiger partial charge is 0.350 e. The Morgan fingerprint density at radius 2 is 1.70 bits per heavy atom. The molecule has 0 aliphatic heterocycles. The van der Waals surface area contributed by atoms with Crippen LogP contribution in [0.25, 0.3) is 0 Å². The first-order chi connectivity index (χ1) is 11.2. The highest BCUT2D eigenvalue weighted by molar-refractivity contribution is 14.1. The van der Waals surface area contributed by atoms with Crippen molar-refractivity contribution < 1.29 is 0 Å². The highest BCUT2D eigenvalue weighted by Crippen LogP contribution is 2.18. The average Bonchev–Trinajstić information content (AvgIpc) is 2.56. The molecule has 1 heterocycles. The van der Waals surface area contributed by atoms with E-state index in [-0.39, 0.29) is 0 Å².